The van der Waals surface area contributed by atoms with Crippen LogP contribution < -0.4 is 9.47 Å². The molecule has 3 rings (SSSR count). The van der Waals surface area contributed by atoms with E-state index < -0.39 is 22.8 Å². The van der Waals surface area contributed by atoms with Gasteiger partial charge in [0, 0.05) is 0 Å². The number of fused-ring (bicyclic) bond motifs is 1. The number of carbonyl (C=O) groups is 1. The molecule has 0 bridgehead atoms. The molecule has 2 aromatic rings. The van der Waals surface area contributed by atoms with Crippen LogP contribution in [0, 0.1) is 6.92 Å². The van der Waals surface area contributed by atoms with Gasteiger partial charge in [-0.25, -0.2) is 4.79 Å². The number of carboxylic acids is 1. The number of hydrogen-bond donors (Lipinski definition) is 1. The summed E-state index contributed by atoms with van der Waals surface area (Å²) in [5.74, 6) is -1.44. The van der Waals surface area contributed by atoms with Gasteiger partial charge >= 0.3 is 17.2 Å². The van der Waals surface area contributed by atoms with Crippen molar-refractivity contribution in [3.63, 3.8) is 0 Å². The third kappa shape index (κ3) is 2.99. The van der Waals surface area contributed by atoms with Crippen molar-refractivity contribution in [2.45, 2.75) is 18.2 Å². The molecule has 4 nitrogen and oxygen atoms in total. The van der Waals surface area contributed by atoms with Gasteiger partial charge in [-0.15, -0.1) is 0 Å². The number of alkyl halides is 4. The van der Waals surface area contributed by atoms with E-state index in [0.29, 0.717) is 5.75 Å². The number of carboxylic acid groups (broad SMARTS) is 1. The maximum Gasteiger partial charge on any atom is 0.448 e. The van der Waals surface area contributed by atoms with Crippen LogP contribution in [0.2, 0.25) is 0 Å². The van der Waals surface area contributed by atoms with E-state index in [1.54, 1.807) is 31.2 Å². The van der Waals surface area contributed by atoms with Gasteiger partial charge in [0.15, 0.2) is 0 Å². The van der Waals surface area contributed by atoms with Gasteiger partial charge in [-0.1, -0.05) is 35.9 Å². The second-order valence-electron chi connectivity index (χ2n) is 5.59. The monoisotopic (exact) mass is 384 g/mol. The summed E-state index contributed by atoms with van der Waals surface area (Å²) in [6.07, 6.45) is -4.31. The molecule has 0 fully saturated rings. The number of hydrogen-bond acceptors (Lipinski definition) is 3. The molecule has 26 heavy (non-hydrogen) atoms. The van der Waals surface area contributed by atoms with Crippen molar-refractivity contribution in [2.24, 2.45) is 0 Å². The Morgan fingerprint density at radius 3 is 2.42 bits per heavy atom. The maximum atomic E-state index is 13.3. The summed E-state index contributed by atoms with van der Waals surface area (Å²) in [7, 11) is 0. The average Bonchev–Trinajstić information content (AvgIpc) is 2.55. The Kier molecular flexibility index (Phi) is 4.36. The third-order valence-corrected chi connectivity index (χ3v) is 4.32. The molecule has 0 amide bonds. The van der Waals surface area contributed by atoms with E-state index in [9.17, 15) is 23.1 Å². The molecule has 0 saturated heterocycles. The first-order valence-corrected chi connectivity index (χ1v) is 7.78. The summed E-state index contributed by atoms with van der Waals surface area (Å²) < 4.78 is 50.6. The lowest BCUT2D eigenvalue weighted by molar-refractivity contribution is -0.204. The lowest BCUT2D eigenvalue weighted by Crippen LogP contribution is -2.50. The van der Waals surface area contributed by atoms with Crippen LogP contribution in [0.3, 0.4) is 0 Å². The number of benzene rings is 2. The molecule has 136 valence electrons. The Hall–Kier alpha value is -2.67. The number of para-hydroxylation sites is 1. The molecule has 0 aromatic heterocycles. The highest BCUT2D eigenvalue weighted by Gasteiger charge is 2.62. The summed E-state index contributed by atoms with van der Waals surface area (Å²) in [5, 5.41) is 5.73. The Morgan fingerprint density at radius 1 is 1.15 bits per heavy atom. The van der Waals surface area contributed by atoms with Crippen molar-refractivity contribution in [1.82, 2.24) is 0 Å². The minimum absolute atomic E-state index is 0.0636. The zero-order valence-corrected chi connectivity index (χ0v) is 14.1. The average molecular weight is 385 g/mol. The predicted molar refractivity (Wildman–Crippen MR) is 88.6 cm³/mol. The lowest BCUT2D eigenvalue weighted by Gasteiger charge is -2.34. The maximum absolute atomic E-state index is 13.3. The first-order chi connectivity index (χ1) is 12.1. The summed E-state index contributed by atoms with van der Waals surface area (Å²) >= 11 is 5.54. The number of halogens is 4. The molecule has 2 aromatic carbocycles. The van der Waals surface area contributed by atoms with E-state index >= 15 is 0 Å². The third-order valence-electron chi connectivity index (χ3n) is 3.82. The summed E-state index contributed by atoms with van der Waals surface area (Å²) in [4.78, 5) is 11.4. The van der Waals surface area contributed by atoms with Crippen LogP contribution in [-0.4, -0.2) is 22.3 Å². The normalized spacial score (nSPS) is 19.2. The minimum atomic E-state index is -5.14. The Labute approximate surface area is 151 Å². The zero-order valence-electron chi connectivity index (χ0n) is 13.3. The van der Waals surface area contributed by atoms with Gasteiger partial charge in [0.2, 0.25) is 0 Å². The van der Waals surface area contributed by atoms with Gasteiger partial charge in [0.1, 0.15) is 22.8 Å². The molecule has 0 radical (unpaired) electrons. The van der Waals surface area contributed by atoms with Gasteiger partial charge in [-0.05, 0) is 36.8 Å². The quantitative estimate of drug-likeness (QED) is 0.744. The fourth-order valence-electron chi connectivity index (χ4n) is 2.49. The summed E-state index contributed by atoms with van der Waals surface area (Å²) in [6.45, 7) is 1.80. The fourth-order valence-corrected chi connectivity index (χ4v) is 2.71. The van der Waals surface area contributed by atoms with Crippen molar-refractivity contribution in [1.29, 1.82) is 0 Å². The van der Waals surface area contributed by atoms with Crippen LogP contribution in [0.5, 0.6) is 17.2 Å². The molecular formula is C18H12ClF3O4. The lowest BCUT2D eigenvalue weighted by atomic mass is 10.00. The molecule has 0 saturated carbocycles. The molecule has 1 aliphatic rings. The second-order valence-corrected chi connectivity index (χ2v) is 6.13. The van der Waals surface area contributed by atoms with E-state index in [0.717, 1.165) is 11.6 Å². The molecular weight excluding hydrogens is 373 g/mol. The highest BCUT2D eigenvalue weighted by Crippen LogP contribution is 2.50. The molecule has 1 aliphatic heterocycles. The van der Waals surface area contributed by atoms with Crippen LogP contribution >= 0.6 is 11.6 Å². The van der Waals surface area contributed by atoms with E-state index in [1.807, 2.05) is 0 Å². The smallest absolute Gasteiger partial charge is 0.448 e. The van der Waals surface area contributed by atoms with Crippen molar-refractivity contribution < 1.29 is 32.5 Å². The molecule has 0 spiro atoms. The van der Waals surface area contributed by atoms with E-state index in [4.69, 9.17) is 21.1 Å². The van der Waals surface area contributed by atoms with Crippen LogP contribution in [0.4, 0.5) is 13.2 Å². The summed E-state index contributed by atoms with van der Waals surface area (Å²) in [5.41, 5.74) is -0.278. The van der Waals surface area contributed by atoms with Gasteiger partial charge in [0.05, 0.1) is 5.56 Å². The Morgan fingerprint density at radius 2 is 1.81 bits per heavy atom. The van der Waals surface area contributed by atoms with Gasteiger partial charge in [0.25, 0.3) is 0 Å². The number of rotatable bonds is 3. The van der Waals surface area contributed by atoms with Crippen LogP contribution in [0.25, 0.3) is 6.08 Å². The number of aryl methyl sites for hydroxylation is 1. The topological polar surface area (TPSA) is 55.8 Å². The van der Waals surface area contributed by atoms with Crippen LogP contribution in [0.15, 0.2) is 48.0 Å². The molecule has 1 N–H and O–H groups in total. The van der Waals surface area contributed by atoms with Crippen molar-refractivity contribution in [2.75, 3.05) is 0 Å². The Balaban J connectivity index is 2.12. The zero-order chi connectivity index (χ0) is 19.1. The highest BCUT2D eigenvalue weighted by atomic mass is 35.5. The largest absolute Gasteiger partial charge is 0.478 e. The first-order valence-electron chi connectivity index (χ1n) is 7.40. The molecule has 8 heteroatoms. The molecule has 0 aliphatic carbocycles. The van der Waals surface area contributed by atoms with E-state index in [1.165, 1.54) is 18.2 Å². The van der Waals surface area contributed by atoms with Crippen molar-refractivity contribution in [3.8, 4) is 17.2 Å². The van der Waals surface area contributed by atoms with Gasteiger partial charge in [-0.2, -0.15) is 13.2 Å². The van der Waals surface area contributed by atoms with E-state index in [2.05, 4.69) is 0 Å². The van der Waals surface area contributed by atoms with Crippen LogP contribution in [-0.2, 0) is 4.79 Å². The van der Waals surface area contributed by atoms with Crippen molar-refractivity contribution >= 4 is 23.6 Å². The molecule has 1 heterocycles. The Bertz CT molecular complexity index is 908. The predicted octanol–water partition coefficient (Wildman–Crippen LogP) is 5.15. The highest BCUT2D eigenvalue weighted by molar-refractivity contribution is 6.29. The van der Waals surface area contributed by atoms with Crippen molar-refractivity contribution in [3.05, 3.63) is 59.2 Å². The minimum Gasteiger partial charge on any atom is -0.478 e. The van der Waals surface area contributed by atoms with E-state index in [-0.39, 0.29) is 17.1 Å². The van der Waals surface area contributed by atoms with Gasteiger partial charge < -0.3 is 14.6 Å². The molecule has 1 atom stereocenters. The van der Waals surface area contributed by atoms with Gasteiger partial charge in [-0.3, -0.25) is 0 Å². The van der Waals surface area contributed by atoms with Crippen LogP contribution in [0.1, 0.15) is 11.1 Å². The number of aliphatic carboxylic acids is 1. The first kappa shape index (κ1) is 18.1. The standard InChI is InChI=1S/C18H12ClF3O4/c1-10-5-2-3-6-13(10)25-14-7-4-8-15-11(14)9-12(16(23)24)17(19,26-15)18(20,21)22/h2-9H,1H3,(H,23,24). The fraction of sp³-hybridized carbons (Fsp3) is 0.167. The number of ether oxygens (including phenoxy) is 2. The second kappa shape index (κ2) is 6.25. The SMILES string of the molecule is Cc1ccccc1Oc1cccc2c1C=C(C(=O)O)C(Cl)(C(F)(F)F)O2. The summed E-state index contributed by atoms with van der Waals surface area (Å²) in [6, 6.07) is 11.2. The molecule has 1 unspecified atom stereocenters.